The molecule has 0 heterocycles. The van der Waals surface area contributed by atoms with Gasteiger partial charge < -0.3 is 18.9 Å². The smallest absolute Gasteiger partial charge is 0.126 e. The van der Waals surface area contributed by atoms with Gasteiger partial charge in [0, 0.05) is 51.4 Å². The zero-order valence-corrected chi connectivity index (χ0v) is 43.4. The Morgan fingerprint density at radius 1 is 0.324 bits per heavy atom. The molecule has 0 atom stereocenters. The molecule has 360 valence electrons. The number of rotatable bonds is 16. The molecule has 0 spiro atoms. The Bertz CT molecular complexity index is 2120. The van der Waals surface area contributed by atoms with E-state index in [1.807, 2.05) is 0 Å². The van der Waals surface area contributed by atoms with Gasteiger partial charge in [-0.25, -0.2) is 0 Å². The molecule has 0 aromatic heterocycles. The lowest BCUT2D eigenvalue weighted by Gasteiger charge is -2.29. The molecule has 0 aliphatic heterocycles. The summed E-state index contributed by atoms with van der Waals surface area (Å²) in [5, 5.41) is 38.2. The second kappa shape index (κ2) is 22.9. The second-order valence-electron chi connectivity index (χ2n) is 22.6. The van der Waals surface area contributed by atoms with Gasteiger partial charge in [-0.2, -0.15) is 21.0 Å². The number of unbranched alkanes of at least 4 members (excludes halogenated alkanes) is 4. The van der Waals surface area contributed by atoms with Crippen LogP contribution >= 0.6 is 0 Å². The Kier molecular flexibility index (Phi) is 17.8. The number of hydrogen-bond acceptors (Lipinski definition) is 8. The third-order valence-corrected chi connectivity index (χ3v) is 12.7. The van der Waals surface area contributed by atoms with Crippen molar-refractivity contribution in [2.45, 2.75) is 182 Å². The maximum Gasteiger partial charge on any atom is 0.126 e. The molecule has 1 aliphatic rings. The normalized spacial score (nSPS) is 12.8. The lowest BCUT2D eigenvalue weighted by molar-refractivity contribution is 0.300. The van der Waals surface area contributed by atoms with Gasteiger partial charge in [-0.3, -0.25) is 0 Å². The van der Waals surface area contributed by atoms with E-state index < -0.39 is 0 Å². The monoisotopic (exact) mass is 917 g/mol. The van der Waals surface area contributed by atoms with Crippen LogP contribution in [0.2, 0.25) is 0 Å². The molecule has 8 nitrogen and oxygen atoms in total. The summed E-state index contributed by atoms with van der Waals surface area (Å²) in [6.07, 6.45) is 6.02. The largest absolute Gasteiger partial charge is 0.493 e. The predicted octanol–water partition coefficient (Wildman–Crippen LogP) is 14.3. The Hall–Kier alpha value is -5.96. The zero-order valence-electron chi connectivity index (χ0n) is 43.4. The van der Waals surface area contributed by atoms with Crippen LogP contribution in [0.15, 0.2) is 48.5 Å². The maximum atomic E-state index is 9.56. The van der Waals surface area contributed by atoms with Crippen LogP contribution in [0.3, 0.4) is 0 Å². The Morgan fingerprint density at radius 2 is 0.485 bits per heavy atom. The molecule has 8 heteroatoms. The third-order valence-electron chi connectivity index (χ3n) is 12.7. The summed E-state index contributed by atoms with van der Waals surface area (Å²) in [6.45, 7) is 28.5. The average molecular weight is 917 g/mol. The molecule has 4 aromatic carbocycles. The number of nitriles is 4. The first-order valence-corrected chi connectivity index (χ1v) is 24.7. The van der Waals surface area contributed by atoms with Crippen molar-refractivity contribution in [3.63, 3.8) is 0 Å². The SMILES string of the molecule is CC(C)(C)c1cc2c(OCCCC#N)c(c1)Cc1cc(C(C)(C)C)cc(c1OCCCC#N)Cc1cc(C(C)(C)C)cc(c1OCCCC#N)Cc1cc(C(C)(C)C)cc(c1OCCCC#N)C2. The van der Waals surface area contributed by atoms with Crippen LogP contribution in [0.5, 0.6) is 23.0 Å². The van der Waals surface area contributed by atoms with Crippen molar-refractivity contribution in [2.24, 2.45) is 0 Å². The maximum absolute atomic E-state index is 9.56. The first-order valence-electron chi connectivity index (χ1n) is 24.7. The van der Waals surface area contributed by atoms with Crippen molar-refractivity contribution in [3.05, 3.63) is 115 Å². The Labute approximate surface area is 409 Å². The number of nitrogens with zero attached hydrogens (tertiary/aromatic N) is 4. The van der Waals surface area contributed by atoms with Crippen molar-refractivity contribution in [3.8, 4) is 47.3 Å². The molecule has 68 heavy (non-hydrogen) atoms. The van der Waals surface area contributed by atoms with E-state index in [1.54, 1.807) is 0 Å². The van der Waals surface area contributed by atoms with Gasteiger partial charge >= 0.3 is 0 Å². The number of hydrogen-bond donors (Lipinski definition) is 0. The zero-order chi connectivity index (χ0) is 49.9. The lowest BCUT2D eigenvalue weighted by atomic mass is 9.79. The highest BCUT2D eigenvalue weighted by Gasteiger charge is 2.29. The fourth-order valence-electron chi connectivity index (χ4n) is 8.66. The molecule has 8 bridgehead atoms. The molecule has 0 saturated carbocycles. The molecule has 0 saturated heterocycles. The van der Waals surface area contributed by atoms with Crippen LogP contribution < -0.4 is 18.9 Å². The van der Waals surface area contributed by atoms with Gasteiger partial charge in [-0.05, 0) is 114 Å². The summed E-state index contributed by atoms with van der Waals surface area (Å²) < 4.78 is 27.7. The van der Waals surface area contributed by atoms with Crippen LogP contribution in [-0.2, 0) is 47.3 Å². The minimum Gasteiger partial charge on any atom is -0.493 e. The first kappa shape index (κ1) is 53.0. The van der Waals surface area contributed by atoms with Gasteiger partial charge in [0.25, 0.3) is 0 Å². The minimum absolute atomic E-state index is 0.203. The lowest BCUT2D eigenvalue weighted by Crippen LogP contribution is -2.18. The van der Waals surface area contributed by atoms with E-state index in [0.29, 0.717) is 103 Å². The molecule has 4 aromatic rings. The average Bonchev–Trinajstić information content (AvgIpc) is 3.24. The van der Waals surface area contributed by atoms with Gasteiger partial charge in [0.05, 0.1) is 50.7 Å². The molecule has 1 aliphatic carbocycles. The van der Waals surface area contributed by atoms with Crippen LogP contribution in [-0.4, -0.2) is 26.4 Å². The van der Waals surface area contributed by atoms with Crippen LogP contribution in [0.25, 0.3) is 0 Å². The fraction of sp³-hybridized carbons (Fsp3) is 0.533. The summed E-state index contributed by atoms with van der Waals surface area (Å²) in [5.74, 6) is 3.25. The van der Waals surface area contributed by atoms with Gasteiger partial charge in [-0.1, -0.05) is 132 Å². The topological polar surface area (TPSA) is 132 Å². The van der Waals surface area contributed by atoms with E-state index in [-0.39, 0.29) is 21.7 Å². The van der Waals surface area contributed by atoms with Gasteiger partial charge in [0.2, 0.25) is 0 Å². The van der Waals surface area contributed by atoms with Crippen LogP contribution in [0.4, 0.5) is 0 Å². The van der Waals surface area contributed by atoms with Crippen molar-refractivity contribution < 1.29 is 18.9 Å². The highest BCUT2D eigenvalue weighted by Crippen LogP contribution is 2.44. The highest BCUT2D eigenvalue weighted by atomic mass is 16.5. The van der Waals surface area contributed by atoms with E-state index in [9.17, 15) is 21.0 Å². The summed E-state index contributed by atoms with van der Waals surface area (Å²) >= 11 is 0. The van der Waals surface area contributed by atoms with E-state index in [1.165, 1.54) is 22.3 Å². The molecule has 0 unspecified atom stereocenters. The molecule has 0 fully saturated rings. The first-order chi connectivity index (χ1) is 32.1. The number of ether oxygens (including phenoxy) is 4. The molecular formula is C60H76N4O4. The van der Waals surface area contributed by atoms with Crippen molar-refractivity contribution >= 4 is 0 Å². The van der Waals surface area contributed by atoms with Crippen LogP contribution in [0.1, 0.15) is 201 Å². The second-order valence-corrected chi connectivity index (χ2v) is 22.6. The summed E-state index contributed by atoms with van der Waals surface area (Å²) in [6, 6.07) is 27.6. The molecule has 0 N–H and O–H groups in total. The molecular weight excluding hydrogens is 841 g/mol. The van der Waals surface area contributed by atoms with E-state index >= 15 is 0 Å². The predicted molar refractivity (Wildman–Crippen MR) is 273 cm³/mol. The standard InChI is InChI=1S/C60H76N4O4/c1-57(2,3)49-33-41-29-43-35-50(58(4,5)6)37-45(54(43)66-26-18-14-22-62)31-47-39-52(60(10,11)12)40-48(56(47)68-28-20-16-24-64)32-46-38-51(59(7,8)9)36-44(55(46)67-27-19-15-23-63)30-42(34-49)53(41)65-25-17-13-21-61/h33-40H,13-20,25-32H2,1-12H3. The van der Waals surface area contributed by atoms with E-state index in [2.05, 4.69) is 156 Å². The highest BCUT2D eigenvalue weighted by molar-refractivity contribution is 5.60. The quantitative estimate of drug-likeness (QED) is 0.0894. The van der Waals surface area contributed by atoms with Crippen molar-refractivity contribution in [2.75, 3.05) is 26.4 Å². The Balaban J connectivity index is 2.00. The number of benzene rings is 4. The summed E-state index contributed by atoms with van der Waals surface area (Å²) in [5.41, 5.74) is 12.2. The van der Waals surface area contributed by atoms with Gasteiger partial charge in [-0.15, -0.1) is 0 Å². The molecule has 0 amide bonds. The minimum atomic E-state index is -0.203. The van der Waals surface area contributed by atoms with Crippen molar-refractivity contribution in [1.82, 2.24) is 0 Å². The molecule has 0 radical (unpaired) electrons. The van der Waals surface area contributed by atoms with Gasteiger partial charge in [0.15, 0.2) is 0 Å². The Morgan fingerprint density at radius 3 is 0.618 bits per heavy atom. The summed E-state index contributed by atoms with van der Waals surface area (Å²) in [7, 11) is 0. The van der Waals surface area contributed by atoms with Gasteiger partial charge in [0.1, 0.15) is 23.0 Å². The van der Waals surface area contributed by atoms with Crippen LogP contribution in [0, 0.1) is 45.3 Å². The summed E-state index contributed by atoms with van der Waals surface area (Å²) in [4.78, 5) is 0. The van der Waals surface area contributed by atoms with E-state index in [4.69, 9.17) is 18.9 Å². The molecule has 5 rings (SSSR count). The fourth-order valence-corrected chi connectivity index (χ4v) is 8.66. The number of fused-ring (bicyclic) bond motifs is 8. The third kappa shape index (κ3) is 14.1. The van der Waals surface area contributed by atoms with Crippen molar-refractivity contribution in [1.29, 1.82) is 21.0 Å². The van der Waals surface area contributed by atoms with E-state index in [0.717, 1.165) is 67.5 Å².